The van der Waals surface area contributed by atoms with Crippen molar-refractivity contribution in [3.8, 4) is 17.1 Å². The van der Waals surface area contributed by atoms with Gasteiger partial charge in [0.2, 0.25) is 5.82 Å². The lowest BCUT2D eigenvalue weighted by atomic mass is 9.84. The Morgan fingerprint density at radius 1 is 0.743 bits per heavy atom. The molecule has 4 aromatic heterocycles. The first-order valence-electron chi connectivity index (χ1n) is 10.3. The minimum absolute atomic E-state index is 0.119. The summed E-state index contributed by atoms with van der Waals surface area (Å²) in [4.78, 5) is 16.1. The number of nitrogens with zero attached hydrogens (tertiary/aromatic N) is 6. The second kappa shape index (κ2) is 8.43. The highest BCUT2D eigenvalue weighted by atomic mass is 19.4. The van der Waals surface area contributed by atoms with Gasteiger partial charge >= 0.3 is 12.4 Å². The van der Waals surface area contributed by atoms with Gasteiger partial charge in [0.1, 0.15) is 0 Å². The molecular formula is C23H18F6N6. The molecule has 0 saturated heterocycles. The minimum Gasteiger partial charge on any atom is -0.252 e. The minimum atomic E-state index is -4.66. The van der Waals surface area contributed by atoms with Gasteiger partial charge in [-0.3, -0.25) is 4.98 Å². The van der Waals surface area contributed by atoms with Crippen molar-refractivity contribution in [3.63, 3.8) is 0 Å². The smallest absolute Gasteiger partial charge is 0.252 e. The van der Waals surface area contributed by atoms with Gasteiger partial charge in [-0.25, -0.2) is 19.6 Å². The highest BCUT2D eigenvalue weighted by Gasteiger charge is 2.35. The van der Waals surface area contributed by atoms with Gasteiger partial charge in [0.25, 0.3) is 0 Å². The highest BCUT2D eigenvalue weighted by Crippen LogP contribution is 2.33. The van der Waals surface area contributed by atoms with Crippen LogP contribution in [0.5, 0.6) is 0 Å². The van der Waals surface area contributed by atoms with Crippen LogP contribution in [0.15, 0.2) is 54.9 Å². The first-order valence-corrected chi connectivity index (χ1v) is 10.3. The van der Waals surface area contributed by atoms with E-state index in [0.717, 1.165) is 16.9 Å². The molecule has 0 amide bonds. The van der Waals surface area contributed by atoms with Crippen molar-refractivity contribution in [3.05, 3.63) is 83.5 Å². The van der Waals surface area contributed by atoms with Gasteiger partial charge < -0.3 is 0 Å². The molecule has 4 heterocycles. The van der Waals surface area contributed by atoms with E-state index in [2.05, 4.69) is 25.0 Å². The molecule has 0 N–H and O–H groups in total. The average molecular weight is 492 g/mol. The van der Waals surface area contributed by atoms with Gasteiger partial charge in [-0.1, -0.05) is 12.1 Å². The van der Waals surface area contributed by atoms with Gasteiger partial charge in [0.05, 0.1) is 22.8 Å². The Balaban J connectivity index is 1.70. The Labute approximate surface area is 195 Å². The zero-order valence-corrected chi connectivity index (χ0v) is 18.6. The summed E-state index contributed by atoms with van der Waals surface area (Å²) in [6, 6.07) is 10.8. The summed E-state index contributed by atoms with van der Waals surface area (Å²) in [5.74, 6) is -1.04. The third kappa shape index (κ3) is 4.86. The van der Waals surface area contributed by atoms with E-state index in [1.165, 1.54) is 19.2 Å². The Kier molecular flexibility index (Phi) is 5.86. The summed E-state index contributed by atoms with van der Waals surface area (Å²) in [5.41, 5.74) is 0.0293. The largest absolute Gasteiger partial charge is 0.451 e. The number of aryl methyl sites for hydroxylation is 1. The second-order valence-corrected chi connectivity index (χ2v) is 8.25. The van der Waals surface area contributed by atoms with Crippen molar-refractivity contribution < 1.29 is 26.3 Å². The SMILES string of the molecule is Cc1nc(C(F)(F)F)ncc1-c1cccc(C(C)(C)c2cccc(-n3ccc(C(F)(F)F)n3)n2)n1. The topological polar surface area (TPSA) is 69.4 Å². The van der Waals surface area contributed by atoms with Crippen LogP contribution in [0.25, 0.3) is 17.1 Å². The Morgan fingerprint density at radius 2 is 1.40 bits per heavy atom. The molecule has 4 aromatic rings. The molecule has 0 aliphatic heterocycles. The molecule has 0 aromatic carbocycles. The van der Waals surface area contributed by atoms with Gasteiger partial charge in [0, 0.05) is 23.4 Å². The van der Waals surface area contributed by atoms with Crippen LogP contribution >= 0.6 is 0 Å². The van der Waals surface area contributed by atoms with Crippen molar-refractivity contribution in [2.45, 2.75) is 38.5 Å². The number of rotatable bonds is 4. The van der Waals surface area contributed by atoms with E-state index < -0.39 is 29.3 Å². The molecule has 0 unspecified atom stereocenters. The lowest BCUT2D eigenvalue weighted by molar-refractivity contribution is -0.145. The van der Waals surface area contributed by atoms with Gasteiger partial charge in [0.15, 0.2) is 11.5 Å². The number of aromatic nitrogens is 6. The first kappa shape index (κ1) is 24.3. The van der Waals surface area contributed by atoms with Crippen LogP contribution < -0.4 is 0 Å². The summed E-state index contributed by atoms with van der Waals surface area (Å²) >= 11 is 0. The Morgan fingerprint density at radius 3 is 2.00 bits per heavy atom. The molecule has 0 saturated carbocycles. The summed E-state index contributed by atoms with van der Waals surface area (Å²) in [7, 11) is 0. The number of halogens is 6. The predicted octanol–water partition coefficient (Wildman–Crippen LogP) is 5.79. The zero-order chi connectivity index (χ0) is 25.6. The van der Waals surface area contributed by atoms with Gasteiger partial charge in [-0.15, -0.1) is 0 Å². The summed E-state index contributed by atoms with van der Waals surface area (Å²) in [5, 5.41) is 3.56. The van der Waals surface area contributed by atoms with Crippen LogP contribution in [0.3, 0.4) is 0 Å². The fourth-order valence-electron chi connectivity index (χ4n) is 3.42. The van der Waals surface area contributed by atoms with Crippen molar-refractivity contribution in [2.24, 2.45) is 0 Å². The third-order valence-electron chi connectivity index (χ3n) is 5.39. The lowest BCUT2D eigenvalue weighted by Gasteiger charge is -2.24. The predicted molar refractivity (Wildman–Crippen MR) is 113 cm³/mol. The molecule has 0 radical (unpaired) electrons. The van der Waals surface area contributed by atoms with Gasteiger partial charge in [-0.05, 0) is 51.1 Å². The monoisotopic (exact) mass is 492 g/mol. The van der Waals surface area contributed by atoms with Crippen LogP contribution in [0, 0.1) is 6.92 Å². The maximum absolute atomic E-state index is 12.9. The molecule has 0 spiro atoms. The van der Waals surface area contributed by atoms with E-state index in [9.17, 15) is 26.3 Å². The summed E-state index contributed by atoms with van der Waals surface area (Å²) in [6.07, 6.45) is -6.98. The number of hydrogen-bond donors (Lipinski definition) is 0. The quantitative estimate of drug-likeness (QED) is 0.337. The van der Waals surface area contributed by atoms with Crippen molar-refractivity contribution in [1.29, 1.82) is 0 Å². The van der Waals surface area contributed by atoms with Crippen molar-refractivity contribution in [2.75, 3.05) is 0 Å². The fourth-order valence-corrected chi connectivity index (χ4v) is 3.42. The maximum atomic E-state index is 12.9. The van der Waals surface area contributed by atoms with E-state index >= 15 is 0 Å². The summed E-state index contributed by atoms with van der Waals surface area (Å²) < 4.78 is 78.6. The second-order valence-electron chi connectivity index (χ2n) is 8.25. The van der Waals surface area contributed by atoms with Crippen LogP contribution in [0.1, 0.15) is 42.4 Å². The van der Waals surface area contributed by atoms with E-state index in [0.29, 0.717) is 22.6 Å². The van der Waals surface area contributed by atoms with Crippen LogP contribution in [0.2, 0.25) is 0 Å². The standard InChI is InChI=1S/C23H18F6N6/c1-13-14(12-30-20(31-13)23(27,28)29)15-6-4-7-16(32-15)21(2,3)17-8-5-9-19(33-17)35-11-10-18(34-35)22(24,25)26/h4-12H,1-3H3. The average Bonchev–Trinajstić information content (AvgIpc) is 3.30. The highest BCUT2D eigenvalue weighted by molar-refractivity contribution is 5.61. The molecule has 35 heavy (non-hydrogen) atoms. The van der Waals surface area contributed by atoms with E-state index in [1.807, 2.05) is 13.8 Å². The van der Waals surface area contributed by atoms with E-state index in [1.54, 1.807) is 30.3 Å². The molecule has 4 rings (SSSR count). The van der Waals surface area contributed by atoms with Crippen molar-refractivity contribution >= 4 is 0 Å². The molecule has 0 aliphatic rings. The molecular weight excluding hydrogens is 474 g/mol. The number of pyridine rings is 2. The van der Waals surface area contributed by atoms with Gasteiger partial charge in [-0.2, -0.15) is 31.4 Å². The number of hydrogen-bond acceptors (Lipinski definition) is 5. The van der Waals surface area contributed by atoms with E-state index in [4.69, 9.17) is 0 Å². The Bertz CT molecular complexity index is 1370. The van der Waals surface area contributed by atoms with Crippen molar-refractivity contribution in [1.82, 2.24) is 29.7 Å². The molecule has 6 nitrogen and oxygen atoms in total. The molecule has 0 fully saturated rings. The molecule has 0 bridgehead atoms. The van der Waals surface area contributed by atoms with Crippen LogP contribution in [0.4, 0.5) is 26.3 Å². The number of alkyl halides is 6. The molecule has 0 aliphatic carbocycles. The normalized spacial score (nSPS) is 12.7. The van der Waals surface area contributed by atoms with E-state index in [-0.39, 0.29) is 11.5 Å². The zero-order valence-electron chi connectivity index (χ0n) is 18.6. The molecule has 0 atom stereocenters. The third-order valence-corrected chi connectivity index (χ3v) is 5.39. The molecule has 182 valence electrons. The molecule has 12 heteroatoms. The maximum Gasteiger partial charge on any atom is 0.451 e. The van der Waals surface area contributed by atoms with Crippen LogP contribution in [-0.2, 0) is 17.8 Å². The summed E-state index contributed by atoms with van der Waals surface area (Å²) in [6.45, 7) is 5.09. The van der Waals surface area contributed by atoms with Crippen LogP contribution in [-0.4, -0.2) is 29.7 Å². The Hall–Kier alpha value is -3.83. The lowest BCUT2D eigenvalue weighted by Crippen LogP contribution is -2.23. The first-order chi connectivity index (χ1) is 16.3. The fraction of sp³-hybridized carbons (Fsp3) is 0.261.